The maximum absolute atomic E-state index is 12.4. The lowest BCUT2D eigenvalue weighted by atomic mass is 9.93. The molecule has 5 nitrogen and oxygen atoms in total. The van der Waals surface area contributed by atoms with Crippen LogP contribution in [0.4, 0.5) is 5.69 Å². The quantitative estimate of drug-likeness (QED) is 0.583. The number of hydrogen-bond acceptors (Lipinski definition) is 4. The van der Waals surface area contributed by atoms with Gasteiger partial charge >= 0.3 is 0 Å². The fraction of sp³-hybridized carbons (Fsp3) is 0.533. The van der Waals surface area contributed by atoms with Crippen LogP contribution in [0.25, 0.3) is 0 Å². The Hall–Kier alpha value is -1.59. The molecule has 1 saturated heterocycles. The summed E-state index contributed by atoms with van der Waals surface area (Å²) in [6.45, 7) is 6.72. The summed E-state index contributed by atoms with van der Waals surface area (Å²) in [7, 11) is 0. The second-order valence-corrected chi connectivity index (χ2v) is 5.96. The van der Waals surface area contributed by atoms with Crippen molar-refractivity contribution in [1.29, 1.82) is 0 Å². The summed E-state index contributed by atoms with van der Waals surface area (Å²) in [5.41, 5.74) is 4.64. The summed E-state index contributed by atoms with van der Waals surface area (Å²) >= 11 is 0. The van der Waals surface area contributed by atoms with E-state index in [1.165, 1.54) is 0 Å². The number of carbonyl (C=O) groups is 1. The largest absolute Gasteiger partial charge is 0.375 e. The molecule has 4 N–H and O–H groups in total. The van der Waals surface area contributed by atoms with Crippen molar-refractivity contribution < 1.29 is 9.53 Å². The Balaban J connectivity index is 2.10. The van der Waals surface area contributed by atoms with Crippen molar-refractivity contribution in [3.05, 3.63) is 29.3 Å². The molecule has 110 valence electrons. The topological polar surface area (TPSA) is 76.4 Å². The summed E-state index contributed by atoms with van der Waals surface area (Å²) in [6.07, 6.45) is 1.66. The number of carbonyl (C=O) groups excluding carboxylic acids is 1. The average molecular weight is 277 g/mol. The number of nitrogen functional groups attached to an aromatic ring is 1. The van der Waals surface area contributed by atoms with E-state index >= 15 is 0 Å². The van der Waals surface area contributed by atoms with E-state index in [9.17, 15) is 4.79 Å². The van der Waals surface area contributed by atoms with E-state index in [1.807, 2.05) is 39.0 Å². The van der Waals surface area contributed by atoms with E-state index in [-0.39, 0.29) is 17.6 Å². The van der Waals surface area contributed by atoms with Crippen molar-refractivity contribution in [1.82, 2.24) is 5.32 Å². The van der Waals surface area contributed by atoms with Crippen molar-refractivity contribution in [2.45, 2.75) is 45.3 Å². The molecule has 1 unspecified atom stereocenters. The number of anilines is 1. The smallest absolute Gasteiger partial charge is 0.253 e. The number of amides is 1. The van der Waals surface area contributed by atoms with Crippen LogP contribution >= 0.6 is 0 Å². The molecule has 1 heterocycles. The highest BCUT2D eigenvalue weighted by molar-refractivity contribution is 5.99. The van der Waals surface area contributed by atoms with Crippen LogP contribution in [0.5, 0.6) is 0 Å². The predicted octanol–water partition coefficient (Wildman–Crippen LogP) is 1.97. The molecule has 0 aliphatic carbocycles. The van der Waals surface area contributed by atoms with E-state index in [0.29, 0.717) is 17.9 Å². The third-order valence-electron chi connectivity index (χ3n) is 3.61. The van der Waals surface area contributed by atoms with Gasteiger partial charge in [0.05, 0.1) is 16.9 Å². The molecule has 0 bridgehead atoms. The van der Waals surface area contributed by atoms with E-state index in [0.717, 1.165) is 18.4 Å². The minimum absolute atomic E-state index is 0.0932. The van der Waals surface area contributed by atoms with Gasteiger partial charge in [0.25, 0.3) is 5.91 Å². The molecule has 1 aliphatic heterocycles. The zero-order valence-electron chi connectivity index (χ0n) is 12.3. The maximum atomic E-state index is 12.4. The maximum Gasteiger partial charge on any atom is 0.253 e. The Labute approximate surface area is 119 Å². The molecule has 1 atom stereocenters. The SMILES string of the molecule is Cc1ccc(NN)c(C(=O)NC2CCOC(C)(C)C2)c1. The second-order valence-electron chi connectivity index (χ2n) is 5.96. The standard InChI is InChI=1S/C15H23N3O2/c1-10-4-5-13(18-16)12(8-10)14(19)17-11-6-7-20-15(2,3)9-11/h4-5,8,11,18H,6-7,9,16H2,1-3H3,(H,17,19). The highest BCUT2D eigenvalue weighted by Gasteiger charge is 2.30. The lowest BCUT2D eigenvalue weighted by Gasteiger charge is -2.35. The molecular weight excluding hydrogens is 254 g/mol. The van der Waals surface area contributed by atoms with Crippen molar-refractivity contribution in [3.8, 4) is 0 Å². The van der Waals surface area contributed by atoms with E-state index in [4.69, 9.17) is 10.6 Å². The van der Waals surface area contributed by atoms with Crippen molar-refractivity contribution in [2.75, 3.05) is 12.0 Å². The summed E-state index contributed by atoms with van der Waals surface area (Å²) in [6, 6.07) is 5.72. The molecule has 1 fully saturated rings. The summed E-state index contributed by atoms with van der Waals surface area (Å²) in [5, 5.41) is 3.08. The molecule has 2 rings (SSSR count). The third kappa shape index (κ3) is 3.49. The van der Waals surface area contributed by atoms with Crippen LogP contribution in [0.15, 0.2) is 18.2 Å². The molecule has 0 spiro atoms. The molecule has 1 aliphatic rings. The van der Waals surface area contributed by atoms with Gasteiger partial charge in [-0.15, -0.1) is 0 Å². The normalized spacial score (nSPS) is 21.3. The Morgan fingerprint density at radius 1 is 1.45 bits per heavy atom. The average Bonchev–Trinajstić information content (AvgIpc) is 2.37. The predicted molar refractivity (Wildman–Crippen MR) is 79.5 cm³/mol. The zero-order valence-corrected chi connectivity index (χ0v) is 12.3. The third-order valence-corrected chi connectivity index (χ3v) is 3.61. The zero-order chi connectivity index (χ0) is 14.8. The van der Waals surface area contributed by atoms with Crippen LogP contribution in [0, 0.1) is 6.92 Å². The minimum Gasteiger partial charge on any atom is -0.375 e. The Bertz CT molecular complexity index is 500. The molecule has 0 radical (unpaired) electrons. The van der Waals surface area contributed by atoms with Gasteiger partial charge < -0.3 is 15.5 Å². The molecule has 1 aromatic carbocycles. The van der Waals surface area contributed by atoms with E-state index < -0.39 is 0 Å². The number of hydrazine groups is 1. The highest BCUT2D eigenvalue weighted by Crippen LogP contribution is 2.24. The van der Waals surface area contributed by atoms with Gasteiger partial charge in [0.15, 0.2) is 0 Å². The van der Waals surface area contributed by atoms with Gasteiger partial charge in [0.1, 0.15) is 0 Å². The molecule has 0 saturated carbocycles. The van der Waals surface area contributed by atoms with Crippen LogP contribution in [-0.2, 0) is 4.74 Å². The van der Waals surface area contributed by atoms with Crippen LogP contribution < -0.4 is 16.6 Å². The molecule has 5 heteroatoms. The monoisotopic (exact) mass is 277 g/mol. The summed E-state index contributed by atoms with van der Waals surface area (Å²) in [4.78, 5) is 12.4. The van der Waals surface area contributed by atoms with E-state index in [1.54, 1.807) is 0 Å². The molecular formula is C15H23N3O2. The fourth-order valence-electron chi connectivity index (χ4n) is 2.59. The number of nitrogens with one attached hydrogen (secondary N) is 2. The van der Waals surface area contributed by atoms with Gasteiger partial charge in [-0.05, 0) is 45.7 Å². The number of ether oxygens (including phenoxy) is 1. The summed E-state index contributed by atoms with van der Waals surface area (Å²) < 4.78 is 5.66. The van der Waals surface area contributed by atoms with Crippen molar-refractivity contribution in [2.24, 2.45) is 5.84 Å². The van der Waals surface area contributed by atoms with Gasteiger partial charge in [-0.25, -0.2) is 0 Å². The fourth-order valence-corrected chi connectivity index (χ4v) is 2.59. The van der Waals surface area contributed by atoms with Crippen LogP contribution in [-0.4, -0.2) is 24.2 Å². The number of rotatable bonds is 3. The Morgan fingerprint density at radius 2 is 2.20 bits per heavy atom. The molecule has 1 aromatic rings. The second kappa shape index (κ2) is 5.81. The van der Waals surface area contributed by atoms with Gasteiger partial charge in [0, 0.05) is 12.6 Å². The van der Waals surface area contributed by atoms with Gasteiger partial charge in [0.2, 0.25) is 0 Å². The van der Waals surface area contributed by atoms with Crippen LogP contribution in [0.1, 0.15) is 42.6 Å². The number of nitrogens with two attached hydrogens (primary N) is 1. The first-order valence-corrected chi connectivity index (χ1v) is 6.93. The molecule has 0 aromatic heterocycles. The number of aryl methyl sites for hydroxylation is 1. The first-order valence-electron chi connectivity index (χ1n) is 6.93. The Morgan fingerprint density at radius 3 is 2.85 bits per heavy atom. The molecule has 1 amide bonds. The minimum atomic E-state index is -0.183. The number of benzene rings is 1. The van der Waals surface area contributed by atoms with Crippen LogP contribution in [0.2, 0.25) is 0 Å². The lowest BCUT2D eigenvalue weighted by molar-refractivity contribution is -0.0615. The van der Waals surface area contributed by atoms with Gasteiger partial charge in [-0.3, -0.25) is 10.6 Å². The van der Waals surface area contributed by atoms with Gasteiger partial charge in [-0.2, -0.15) is 0 Å². The van der Waals surface area contributed by atoms with E-state index in [2.05, 4.69) is 10.7 Å². The first-order chi connectivity index (χ1) is 9.41. The lowest BCUT2D eigenvalue weighted by Crippen LogP contribution is -2.46. The number of hydrogen-bond donors (Lipinski definition) is 3. The van der Waals surface area contributed by atoms with Crippen molar-refractivity contribution >= 4 is 11.6 Å². The van der Waals surface area contributed by atoms with Crippen molar-refractivity contribution in [3.63, 3.8) is 0 Å². The first kappa shape index (κ1) is 14.8. The van der Waals surface area contributed by atoms with Gasteiger partial charge in [-0.1, -0.05) is 11.6 Å². The molecule has 20 heavy (non-hydrogen) atoms. The highest BCUT2D eigenvalue weighted by atomic mass is 16.5. The van der Waals surface area contributed by atoms with Crippen LogP contribution in [0.3, 0.4) is 0 Å². The summed E-state index contributed by atoms with van der Waals surface area (Å²) in [5.74, 6) is 5.37. The Kier molecular flexibility index (Phi) is 4.30.